The second-order valence-corrected chi connectivity index (χ2v) is 10.5. The summed E-state index contributed by atoms with van der Waals surface area (Å²) in [7, 11) is -3.66. The molecule has 31 heavy (non-hydrogen) atoms. The minimum Gasteiger partial charge on any atom is -0.467 e. The number of carbonyl (C=O) groups excluding carboxylic acids is 1. The number of thiophene rings is 1. The third kappa shape index (κ3) is 4.58. The molecule has 1 N–H and O–H groups in total. The van der Waals surface area contributed by atoms with Gasteiger partial charge in [-0.25, -0.2) is 8.42 Å². The van der Waals surface area contributed by atoms with Gasteiger partial charge in [-0.05, 0) is 38.0 Å². The van der Waals surface area contributed by atoms with Crippen LogP contribution in [0.25, 0.3) is 10.7 Å². The number of amides is 1. The number of carbonyl (C=O) groups is 1. The SMILES string of the molecule is CCc1nc(-c2cc(S(=O)(=O)N3CCC(C(=O)NCc4ccco4)CC3)c(C)s2)no1. The second-order valence-electron chi connectivity index (χ2n) is 7.37. The zero-order valence-electron chi connectivity index (χ0n) is 17.3. The zero-order chi connectivity index (χ0) is 22.0. The van der Waals surface area contributed by atoms with Crippen LogP contribution >= 0.6 is 11.3 Å². The first-order valence-corrected chi connectivity index (χ1v) is 12.4. The molecule has 0 unspecified atom stereocenters. The Labute approximate surface area is 184 Å². The number of hydrogen-bond acceptors (Lipinski definition) is 8. The third-order valence-electron chi connectivity index (χ3n) is 5.32. The summed E-state index contributed by atoms with van der Waals surface area (Å²) < 4.78 is 38.3. The molecule has 1 amide bonds. The van der Waals surface area contributed by atoms with E-state index in [1.54, 1.807) is 31.4 Å². The standard InChI is InChI=1S/C20H24N4O5S2/c1-3-18-22-19(23-29-18)16-11-17(13(2)30-16)31(26,27)24-8-6-14(7-9-24)20(25)21-12-15-5-4-10-28-15/h4-5,10-11,14H,3,6-9,12H2,1-2H3,(H,21,25). The van der Waals surface area contributed by atoms with Crippen LogP contribution in [0.5, 0.6) is 0 Å². The Morgan fingerprint density at radius 2 is 2.13 bits per heavy atom. The lowest BCUT2D eigenvalue weighted by Gasteiger charge is -2.30. The molecular weight excluding hydrogens is 440 g/mol. The molecule has 11 heteroatoms. The van der Waals surface area contributed by atoms with Crippen LogP contribution in [0.4, 0.5) is 0 Å². The van der Waals surface area contributed by atoms with Crippen molar-refractivity contribution in [2.24, 2.45) is 5.92 Å². The highest BCUT2D eigenvalue weighted by molar-refractivity contribution is 7.89. The van der Waals surface area contributed by atoms with E-state index in [1.165, 1.54) is 15.6 Å². The van der Waals surface area contributed by atoms with Gasteiger partial charge in [-0.15, -0.1) is 11.3 Å². The number of hydrogen-bond donors (Lipinski definition) is 1. The molecular formula is C20H24N4O5S2. The maximum absolute atomic E-state index is 13.2. The molecule has 4 heterocycles. The Morgan fingerprint density at radius 1 is 1.35 bits per heavy atom. The highest BCUT2D eigenvalue weighted by Crippen LogP contribution is 2.34. The molecule has 0 saturated carbocycles. The summed E-state index contributed by atoms with van der Waals surface area (Å²) in [5, 5.41) is 6.79. The number of aryl methyl sites for hydroxylation is 2. The number of nitrogens with zero attached hydrogens (tertiary/aromatic N) is 3. The Balaban J connectivity index is 1.40. The Hall–Kier alpha value is -2.50. The molecule has 3 aromatic rings. The molecule has 1 fully saturated rings. The quantitative estimate of drug-likeness (QED) is 0.571. The Morgan fingerprint density at radius 3 is 2.77 bits per heavy atom. The van der Waals surface area contributed by atoms with E-state index in [0.717, 1.165) is 0 Å². The van der Waals surface area contributed by atoms with Gasteiger partial charge in [0.2, 0.25) is 27.6 Å². The van der Waals surface area contributed by atoms with E-state index in [4.69, 9.17) is 8.94 Å². The van der Waals surface area contributed by atoms with Gasteiger partial charge in [0.25, 0.3) is 0 Å². The van der Waals surface area contributed by atoms with Crippen LogP contribution in [0.1, 0.15) is 36.3 Å². The van der Waals surface area contributed by atoms with Crippen molar-refractivity contribution < 1.29 is 22.2 Å². The largest absolute Gasteiger partial charge is 0.467 e. The van der Waals surface area contributed by atoms with E-state index in [0.29, 0.717) is 66.1 Å². The summed E-state index contributed by atoms with van der Waals surface area (Å²) in [6.07, 6.45) is 3.13. The van der Waals surface area contributed by atoms with Crippen LogP contribution in [0.3, 0.4) is 0 Å². The van der Waals surface area contributed by atoms with Crippen LogP contribution < -0.4 is 5.32 Å². The van der Waals surface area contributed by atoms with Gasteiger partial charge in [-0.2, -0.15) is 9.29 Å². The summed E-state index contributed by atoms with van der Waals surface area (Å²) in [6.45, 7) is 4.61. The van der Waals surface area contributed by atoms with Crippen LogP contribution in [0.15, 0.2) is 38.3 Å². The summed E-state index contributed by atoms with van der Waals surface area (Å²) >= 11 is 1.33. The van der Waals surface area contributed by atoms with Crippen molar-refractivity contribution in [3.63, 3.8) is 0 Å². The molecule has 0 spiro atoms. The van der Waals surface area contributed by atoms with Gasteiger partial charge in [-0.3, -0.25) is 4.79 Å². The highest BCUT2D eigenvalue weighted by atomic mass is 32.2. The minimum atomic E-state index is -3.66. The van der Waals surface area contributed by atoms with Gasteiger partial charge in [0.1, 0.15) is 5.76 Å². The zero-order valence-corrected chi connectivity index (χ0v) is 19.0. The molecule has 3 aromatic heterocycles. The maximum atomic E-state index is 13.2. The lowest BCUT2D eigenvalue weighted by atomic mass is 9.97. The minimum absolute atomic E-state index is 0.0775. The summed E-state index contributed by atoms with van der Waals surface area (Å²) in [6, 6.07) is 5.18. The predicted octanol–water partition coefficient (Wildman–Crippen LogP) is 2.98. The second kappa shape index (κ2) is 8.93. The fraction of sp³-hybridized carbons (Fsp3) is 0.450. The van der Waals surface area contributed by atoms with Crippen molar-refractivity contribution in [2.75, 3.05) is 13.1 Å². The number of rotatable bonds is 7. The third-order valence-corrected chi connectivity index (χ3v) is 8.52. The summed E-state index contributed by atoms with van der Waals surface area (Å²) in [4.78, 5) is 18.3. The number of sulfonamides is 1. The van der Waals surface area contributed by atoms with Crippen molar-refractivity contribution in [1.29, 1.82) is 0 Å². The fourth-order valence-electron chi connectivity index (χ4n) is 3.56. The van der Waals surface area contributed by atoms with Crippen molar-refractivity contribution in [3.05, 3.63) is 41.0 Å². The average Bonchev–Trinajstić information content (AvgIpc) is 3.52. The van der Waals surface area contributed by atoms with Crippen LogP contribution in [-0.2, 0) is 27.8 Å². The number of nitrogens with one attached hydrogen (secondary N) is 1. The average molecular weight is 465 g/mol. The maximum Gasteiger partial charge on any atom is 0.244 e. The van der Waals surface area contributed by atoms with E-state index < -0.39 is 10.0 Å². The van der Waals surface area contributed by atoms with Gasteiger partial charge in [-0.1, -0.05) is 12.1 Å². The molecule has 1 aliphatic heterocycles. The van der Waals surface area contributed by atoms with Gasteiger partial charge < -0.3 is 14.3 Å². The van der Waals surface area contributed by atoms with Crippen molar-refractivity contribution in [1.82, 2.24) is 19.8 Å². The number of aromatic nitrogens is 2. The highest BCUT2D eigenvalue weighted by Gasteiger charge is 2.34. The van der Waals surface area contributed by atoms with Gasteiger partial charge >= 0.3 is 0 Å². The molecule has 9 nitrogen and oxygen atoms in total. The van der Waals surface area contributed by atoms with E-state index in [9.17, 15) is 13.2 Å². The molecule has 0 aliphatic carbocycles. The normalized spacial score (nSPS) is 15.9. The van der Waals surface area contributed by atoms with E-state index in [-0.39, 0.29) is 16.7 Å². The molecule has 0 radical (unpaired) electrons. The lowest BCUT2D eigenvalue weighted by Crippen LogP contribution is -2.42. The smallest absolute Gasteiger partial charge is 0.244 e. The van der Waals surface area contributed by atoms with Crippen molar-refractivity contribution >= 4 is 27.3 Å². The first-order valence-electron chi connectivity index (χ1n) is 10.1. The Bertz CT molecular complexity index is 1140. The van der Waals surface area contributed by atoms with E-state index in [1.807, 2.05) is 6.92 Å². The fourth-order valence-corrected chi connectivity index (χ4v) is 6.52. The monoisotopic (exact) mass is 464 g/mol. The molecule has 0 bridgehead atoms. The molecule has 1 saturated heterocycles. The summed E-state index contributed by atoms with van der Waals surface area (Å²) in [5.74, 6) is 1.31. The van der Waals surface area contributed by atoms with Crippen LogP contribution in [-0.4, -0.2) is 41.9 Å². The molecule has 4 rings (SSSR count). The number of piperidine rings is 1. The van der Waals surface area contributed by atoms with Gasteiger partial charge in [0.05, 0.1) is 22.6 Å². The van der Waals surface area contributed by atoms with Crippen molar-refractivity contribution in [3.8, 4) is 10.7 Å². The molecule has 1 aliphatic rings. The van der Waals surface area contributed by atoms with Gasteiger partial charge in [0.15, 0.2) is 0 Å². The van der Waals surface area contributed by atoms with Crippen LogP contribution in [0, 0.1) is 12.8 Å². The van der Waals surface area contributed by atoms with Crippen LogP contribution in [0.2, 0.25) is 0 Å². The Kier molecular flexibility index (Phi) is 6.26. The van der Waals surface area contributed by atoms with Gasteiger partial charge in [0, 0.05) is 30.3 Å². The van der Waals surface area contributed by atoms with Crippen molar-refractivity contribution in [2.45, 2.75) is 44.6 Å². The summed E-state index contributed by atoms with van der Waals surface area (Å²) in [5.41, 5.74) is 0. The topological polar surface area (TPSA) is 119 Å². The first-order chi connectivity index (χ1) is 14.9. The molecule has 166 valence electrons. The van der Waals surface area contributed by atoms with E-state index in [2.05, 4.69) is 15.5 Å². The molecule has 0 aromatic carbocycles. The predicted molar refractivity (Wildman–Crippen MR) is 114 cm³/mol. The number of furan rings is 1. The lowest BCUT2D eigenvalue weighted by molar-refractivity contribution is -0.126. The molecule has 0 atom stereocenters. The first kappa shape index (κ1) is 21.7. The van der Waals surface area contributed by atoms with E-state index >= 15 is 0 Å².